The Bertz CT molecular complexity index is 699. The fraction of sp³-hybridized carbons (Fsp3) is 0.385. The number of halogens is 1. The first kappa shape index (κ1) is 14.0. The van der Waals surface area contributed by atoms with Crippen LogP contribution in [0.4, 0.5) is 4.39 Å². The van der Waals surface area contributed by atoms with Gasteiger partial charge in [0.25, 0.3) is 0 Å². The van der Waals surface area contributed by atoms with Crippen molar-refractivity contribution in [2.75, 3.05) is 0 Å². The van der Waals surface area contributed by atoms with Crippen molar-refractivity contribution in [1.82, 2.24) is 20.2 Å². The summed E-state index contributed by atoms with van der Waals surface area (Å²) in [5, 5.41) is 22.2. The van der Waals surface area contributed by atoms with E-state index in [2.05, 4.69) is 15.5 Å². The van der Waals surface area contributed by atoms with Crippen LogP contribution in [-0.4, -0.2) is 31.1 Å². The molecule has 0 spiro atoms. The van der Waals surface area contributed by atoms with Gasteiger partial charge in [0, 0.05) is 11.3 Å². The zero-order chi connectivity index (χ0) is 15.0. The van der Waals surface area contributed by atoms with Gasteiger partial charge in [0.15, 0.2) is 5.78 Å². The summed E-state index contributed by atoms with van der Waals surface area (Å²) in [6.07, 6.45) is 2.11. The van der Waals surface area contributed by atoms with Gasteiger partial charge in [0.2, 0.25) is 5.16 Å². The summed E-state index contributed by atoms with van der Waals surface area (Å²) in [5.41, 5.74) is 0.350. The van der Waals surface area contributed by atoms with Crippen molar-refractivity contribution in [3.05, 3.63) is 29.1 Å². The zero-order valence-corrected chi connectivity index (χ0v) is 12.1. The van der Waals surface area contributed by atoms with E-state index in [1.165, 1.54) is 24.8 Å². The number of aromatic nitrogens is 4. The molecule has 6 nitrogen and oxygen atoms in total. The monoisotopic (exact) mass is 308 g/mol. The molecule has 1 aliphatic carbocycles. The first-order valence-corrected chi connectivity index (χ1v) is 7.48. The maximum absolute atomic E-state index is 13.5. The number of rotatable bonds is 5. The summed E-state index contributed by atoms with van der Waals surface area (Å²) in [7, 11) is 0. The molecule has 0 unspecified atom stereocenters. The number of Topliss-reactive ketones (excluding diaryl/α,β-unsaturated/α-hetero) is 1. The number of thioether (sulfide) groups is 1. The lowest BCUT2D eigenvalue weighted by Gasteiger charge is -2.08. The Morgan fingerprint density at radius 3 is 2.95 bits per heavy atom. The lowest BCUT2D eigenvalue weighted by atomic mass is 10.1. The molecule has 0 saturated heterocycles. The molecule has 0 amide bonds. The minimum Gasteiger partial charge on any atom is -0.507 e. The molecule has 3 rings (SSSR count). The summed E-state index contributed by atoms with van der Waals surface area (Å²) in [4.78, 5) is 11.4. The van der Waals surface area contributed by atoms with Gasteiger partial charge in [-0.1, -0.05) is 11.8 Å². The Morgan fingerprint density at radius 2 is 2.29 bits per heavy atom. The van der Waals surface area contributed by atoms with Gasteiger partial charge in [-0.3, -0.25) is 4.79 Å². The summed E-state index contributed by atoms with van der Waals surface area (Å²) in [6.45, 7) is 1.29. The van der Waals surface area contributed by atoms with Crippen LogP contribution in [0.25, 0.3) is 0 Å². The van der Waals surface area contributed by atoms with Crippen LogP contribution in [0.1, 0.15) is 41.7 Å². The minimum absolute atomic E-state index is 0.00705. The van der Waals surface area contributed by atoms with Crippen molar-refractivity contribution in [2.45, 2.75) is 36.7 Å². The molecule has 1 aromatic carbocycles. The zero-order valence-electron chi connectivity index (χ0n) is 11.3. The Kier molecular flexibility index (Phi) is 3.62. The number of hydrogen-bond donors (Lipinski definition) is 1. The second-order valence-electron chi connectivity index (χ2n) is 4.94. The molecule has 0 atom stereocenters. The average Bonchev–Trinajstić information content (AvgIpc) is 3.18. The molecule has 1 heterocycles. The van der Waals surface area contributed by atoms with Crippen LogP contribution in [0.2, 0.25) is 0 Å². The average molecular weight is 308 g/mol. The van der Waals surface area contributed by atoms with Gasteiger partial charge in [-0.15, -0.1) is 5.10 Å². The summed E-state index contributed by atoms with van der Waals surface area (Å²) >= 11 is 1.31. The van der Waals surface area contributed by atoms with Gasteiger partial charge in [-0.25, -0.2) is 9.07 Å². The molecule has 1 N–H and O–H groups in total. The minimum atomic E-state index is -0.546. The van der Waals surface area contributed by atoms with Gasteiger partial charge in [-0.2, -0.15) is 0 Å². The standard InChI is InChI=1S/C13H13FN4O2S/c1-7(19)11-5-9(14)4-8(12(11)20)6-21-13-15-16-17-18(13)10-2-3-10/h4-5,10,20H,2-3,6H2,1H3. The smallest absolute Gasteiger partial charge is 0.209 e. The highest BCUT2D eigenvalue weighted by Gasteiger charge is 2.28. The predicted molar refractivity (Wildman–Crippen MR) is 73.7 cm³/mol. The predicted octanol–water partition coefficient (Wildman–Crippen LogP) is 2.35. The van der Waals surface area contributed by atoms with E-state index in [0.717, 1.165) is 18.9 Å². The van der Waals surface area contributed by atoms with Crippen LogP contribution < -0.4 is 0 Å². The number of phenols is 1. The number of nitrogens with zero attached hydrogens (tertiary/aromatic N) is 4. The third kappa shape index (κ3) is 2.90. The fourth-order valence-electron chi connectivity index (χ4n) is 2.01. The van der Waals surface area contributed by atoms with Crippen molar-refractivity contribution < 1.29 is 14.3 Å². The van der Waals surface area contributed by atoms with Gasteiger partial charge in [-0.05, 0) is 42.3 Å². The van der Waals surface area contributed by atoms with E-state index >= 15 is 0 Å². The Hall–Kier alpha value is -1.96. The van der Waals surface area contributed by atoms with E-state index in [1.807, 2.05) is 0 Å². The molecule has 0 bridgehead atoms. The van der Waals surface area contributed by atoms with Crippen LogP contribution in [0.3, 0.4) is 0 Å². The molecule has 21 heavy (non-hydrogen) atoms. The summed E-state index contributed by atoms with van der Waals surface area (Å²) in [5.74, 6) is -0.810. The SMILES string of the molecule is CC(=O)c1cc(F)cc(CSc2nnnn2C2CC2)c1O. The number of aromatic hydroxyl groups is 1. The molecule has 1 fully saturated rings. The van der Waals surface area contributed by atoms with Crippen LogP contribution in [0.15, 0.2) is 17.3 Å². The van der Waals surface area contributed by atoms with Crippen LogP contribution >= 0.6 is 11.8 Å². The van der Waals surface area contributed by atoms with E-state index in [4.69, 9.17) is 0 Å². The second-order valence-corrected chi connectivity index (χ2v) is 5.89. The van der Waals surface area contributed by atoms with E-state index in [1.54, 1.807) is 4.68 Å². The van der Waals surface area contributed by atoms with Crippen molar-refractivity contribution in [3.63, 3.8) is 0 Å². The molecule has 2 aromatic rings. The van der Waals surface area contributed by atoms with Crippen molar-refractivity contribution >= 4 is 17.5 Å². The molecule has 110 valence electrons. The lowest BCUT2D eigenvalue weighted by Crippen LogP contribution is -2.00. The molecule has 1 saturated carbocycles. The Balaban J connectivity index is 1.81. The van der Waals surface area contributed by atoms with Gasteiger partial charge in [0.1, 0.15) is 11.6 Å². The highest BCUT2D eigenvalue weighted by Crippen LogP contribution is 2.37. The second kappa shape index (κ2) is 5.44. The Morgan fingerprint density at radius 1 is 1.52 bits per heavy atom. The largest absolute Gasteiger partial charge is 0.507 e. The first-order valence-electron chi connectivity index (χ1n) is 6.49. The number of tetrazole rings is 1. The normalized spacial score (nSPS) is 14.4. The number of phenolic OH excluding ortho intramolecular Hbond substituents is 1. The van der Waals surface area contributed by atoms with Gasteiger partial charge in [0.05, 0.1) is 11.6 Å². The third-order valence-electron chi connectivity index (χ3n) is 3.25. The molecule has 0 aliphatic heterocycles. The molecule has 0 radical (unpaired) electrons. The molecule has 1 aliphatic rings. The van der Waals surface area contributed by atoms with E-state index in [-0.39, 0.29) is 22.8 Å². The van der Waals surface area contributed by atoms with Crippen molar-refractivity contribution in [2.24, 2.45) is 0 Å². The van der Waals surface area contributed by atoms with E-state index in [0.29, 0.717) is 16.8 Å². The highest BCUT2D eigenvalue weighted by atomic mass is 32.2. The molecule has 8 heteroatoms. The van der Waals surface area contributed by atoms with E-state index in [9.17, 15) is 14.3 Å². The lowest BCUT2D eigenvalue weighted by molar-refractivity contribution is 0.101. The number of benzene rings is 1. The van der Waals surface area contributed by atoms with Crippen molar-refractivity contribution in [3.8, 4) is 5.75 Å². The number of ketones is 1. The van der Waals surface area contributed by atoms with Crippen molar-refractivity contribution in [1.29, 1.82) is 0 Å². The van der Waals surface area contributed by atoms with E-state index < -0.39 is 5.82 Å². The van der Waals surface area contributed by atoms with Gasteiger partial charge < -0.3 is 5.11 Å². The molecular formula is C13H13FN4O2S. The van der Waals surface area contributed by atoms with Crippen LogP contribution in [-0.2, 0) is 5.75 Å². The number of hydrogen-bond acceptors (Lipinski definition) is 6. The molecular weight excluding hydrogens is 295 g/mol. The fourth-order valence-corrected chi connectivity index (χ4v) is 2.92. The Labute approximate surface area is 124 Å². The first-order chi connectivity index (χ1) is 10.1. The highest BCUT2D eigenvalue weighted by molar-refractivity contribution is 7.98. The number of carbonyl (C=O) groups excluding carboxylic acids is 1. The van der Waals surface area contributed by atoms with Gasteiger partial charge >= 0.3 is 0 Å². The summed E-state index contributed by atoms with van der Waals surface area (Å²) < 4.78 is 15.3. The summed E-state index contributed by atoms with van der Waals surface area (Å²) in [6, 6.07) is 2.61. The maximum atomic E-state index is 13.5. The van der Waals surface area contributed by atoms with Crippen LogP contribution in [0, 0.1) is 5.82 Å². The topological polar surface area (TPSA) is 80.9 Å². The maximum Gasteiger partial charge on any atom is 0.209 e. The number of carbonyl (C=O) groups is 1. The molecule has 1 aromatic heterocycles. The van der Waals surface area contributed by atoms with Crippen LogP contribution in [0.5, 0.6) is 5.75 Å². The quantitative estimate of drug-likeness (QED) is 0.674. The third-order valence-corrected chi connectivity index (χ3v) is 4.23.